The minimum Gasteiger partial charge on any atom is -0.0530 e. The summed E-state index contributed by atoms with van der Waals surface area (Å²) in [6.45, 7) is 0. The lowest BCUT2D eigenvalue weighted by atomic mass is 9.48. The zero-order valence-corrected chi connectivity index (χ0v) is 7.89. The first-order valence-electron chi connectivity index (χ1n) is 5.82. The summed E-state index contributed by atoms with van der Waals surface area (Å²) in [6, 6.07) is 0. The van der Waals surface area contributed by atoms with Gasteiger partial charge in [-0.1, -0.05) is 25.7 Å². The van der Waals surface area contributed by atoms with Gasteiger partial charge in [0.15, 0.2) is 0 Å². The summed E-state index contributed by atoms with van der Waals surface area (Å²) in [5, 5.41) is 0. The van der Waals surface area contributed by atoms with Crippen molar-refractivity contribution in [2.75, 3.05) is 0 Å². The molecular weight excluding hydrogens is 144 g/mol. The molecule has 1 radical (unpaired) electrons. The SMILES string of the molecule is C1CCC2[C](C1)C1CCCCC21. The van der Waals surface area contributed by atoms with Crippen molar-refractivity contribution in [3.05, 3.63) is 5.92 Å². The van der Waals surface area contributed by atoms with E-state index in [-0.39, 0.29) is 0 Å². The van der Waals surface area contributed by atoms with Crippen LogP contribution in [0.1, 0.15) is 51.4 Å². The molecule has 0 nitrogen and oxygen atoms in total. The number of hydrogen-bond acceptors (Lipinski definition) is 0. The van der Waals surface area contributed by atoms with Crippen LogP contribution in [-0.2, 0) is 0 Å². The average molecular weight is 163 g/mol. The van der Waals surface area contributed by atoms with E-state index in [1.165, 1.54) is 32.1 Å². The minimum atomic E-state index is 1.11. The predicted octanol–water partition coefficient (Wildman–Crippen LogP) is 3.57. The van der Waals surface area contributed by atoms with Crippen LogP contribution in [0.4, 0.5) is 0 Å². The molecule has 0 amide bonds. The van der Waals surface area contributed by atoms with Gasteiger partial charge in [-0.2, -0.15) is 0 Å². The molecular formula is C12H19. The average Bonchev–Trinajstić information content (AvgIpc) is 2.14. The summed E-state index contributed by atoms with van der Waals surface area (Å²) in [4.78, 5) is 0. The van der Waals surface area contributed by atoms with Crippen molar-refractivity contribution < 1.29 is 0 Å². The third kappa shape index (κ3) is 0.900. The molecule has 0 aliphatic heterocycles. The Labute approximate surface area is 75.7 Å². The molecule has 3 unspecified atom stereocenters. The second-order valence-corrected chi connectivity index (χ2v) is 4.98. The van der Waals surface area contributed by atoms with Gasteiger partial charge >= 0.3 is 0 Å². The van der Waals surface area contributed by atoms with Crippen molar-refractivity contribution in [2.45, 2.75) is 51.4 Å². The van der Waals surface area contributed by atoms with Crippen LogP contribution in [0.25, 0.3) is 0 Å². The van der Waals surface area contributed by atoms with Crippen molar-refractivity contribution in [3.63, 3.8) is 0 Å². The molecule has 3 atom stereocenters. The van der Waals surface area contributed by atoms with Crippen LogP contribution in [0.2, 0.25) is 0 Å². The largest absolute Gasteiger partial charge is 0.0530 e. The maximum Gasteiger partial charge on any atom is -0.0173 e. The van der Waals surface area contributed by atoms with Crippen LogP contribution in [0.5, 0.6) is 0 Å². The highest BCUT2D eigenvalue weighted by Gasteiger charge is 2.50. The van der Waals surface area contributed by atoms with E-state index in [2.05, 4.69) is 0 Å². The molecule has 3 fully saturated rings. The summed E-state index contributed by atoms with van der Waals surface area (Å²) in [6.07, 6.45) is 12.3. The second-order valence-electron chi connectivity index (χ2n) is 4.98. The Bertz CT molecular complexity index is 125. The van der Waals surface area contributed by atoms with Gasteiger partial charge in [0.1, 0.15) is 0 Å². The molecule has 3 saturated carbocycles. The maximum atomic E-state index is 2.01. The molecule has 3 aliphatic rings. The Morgan fingerprint density at radius 3 is 2.25 bits per heavy atom. The van der Waals surface area contributed by atoms with Gasteiger partial charge in [0.05, 0.1) is 0 Å². The molecule has 0 spiro atoms. The molecule has 0 heterocycles. The fourth-order valence-corrected chi connectivity index (χ4v) is 4.00. The Morgan fingerprint density at radius 1 is 0.750 bits per heavy atom. The van der Waals surface area contributed by atoms with Gasteiger partial charge < -0.3 is 0 Å². The monoisotopic (exact) mass is 163 g/mol. The predicted molar refractivity (Wildman–Crippen MR) is 50.6 cm³/mol. The second kappa shape index (κ2) is 2.75. The van der Waals surface area contributed by atoms with Crippen LogP contribution in [0.3, 0.4) is 0 Å². The third-order valence-electron chi connectivity index (χ3n) is 4.52. The molecule has 67 valence electrons. The molecule has 0 saturated heterocycles. The quantitative estimate of drug-likeness (QED) is 0.512. The fraction of sp³-hybridized carbons (Fsp3) is 0.917. The molecule has 0 bridgehead atoms. The van der Waals surface area contributed by atoms with Gasteiger partial charge in [0, 0.05) is 0 Å². The van der Waals surface area contributed by atoms with E-state index >= 15 is 0 Å². The van der Waals surface area contributed by atoms with E-state index in [4.69, 9.17) is 0 Å². The lowest BCUT2D eigenvalue weighted by molar-refractivity contribution is 0.0354. The summed E-state index contributed by atoms with van der Waals surface area (Å²) in [5.74, 6) is 5.40. The Hall–Kier alpha value is 0. The zero-order chi connectivity index (χ0) is 7.97. The number of hydrogen-bond donors (Lipinski definition) is 0. The third-order valence-corrected chi connectivity index (χ3v) is 4.52. The first-order chi connectivity index (χ1) is 5.97. The van der Waals surface area contributed by atoms with Crippen LogP contribution in [0.15, 0.2) is 0 Å². The standard InChI is InChI=1S/C12H19/c1-2-6-10-9(5-1)11-7-3-4-8-12(10)11/h9-11H,1-8H2. The van der Waals surface area contributed by atoms with Gasteiger partial charge in [-0.05, 0) is 49.4 Å². The van der Waals surface area contributed by atoms with E-state index in [0.717, 1.165) is 17.8 Å². The lowest BCUT2D eigenvalue weighted by Crippen LogP contribution is -2.48. The van der Waals surface area contributed by atoms with Crippen LogP contribution in [-0.4, -0.2) is 0 Å². The Balaban J connectivity index is 1.73. The molecule has 0 aromatic rings. The van der Waals surface area contributed by atoms with Crippen LogP contribution < -0.4 is 0 Å². The first-order valence-corrected chi connectivity index (χ1v) is 5.82. The van der Waals surface area contributed by atoms with E-state index in [1.807, 2.05) is 5.92 Å². The Morgan fingerprint density at radius 2 is 1.42 bits per heavy atom. The number of fused-ring (bicyclic) bond motifs is 4. The number of rotatable bonds is 0. The van der Waals surface area contributed by atoms with Crippen molar-refractivity contribution in [1.82, 2.24) is 0 Å². The van der Waals surface area contributed by atoms with Crippen molar-refractivity contribution in [3.8, 4) is 0 Å². The van der Waals surface area contributed by atoms with E-state index in [9.17, 15) is 0 Å². The van der Waals surface area contributed by atoms with Crippen LogP contribution in [0, 0.1) is 23.7 Å². The van der Waals surface area contributed by atoms with Gasteiger partial charge in [0.25, 0.3) is 0 Å². The molecule has 0 heteroatoms. The molecule has 3 aliphatic carbocycles. The van der Waals surface area contributed by atoms with E-state index in [1.54, 1.807) is 19.3 Å². The molecule has 0 aromatic carbocycles. The maximum absolute atomic E-state index is 2.01. The molecule has 12 heavy (non-hydrogen) atoms. The van der Waals surface area contributed by atoms with Gasteiger partial charge in [-0.25, -0.2) is 0 Å². The normalized spacial score (nSPS) is 47.5. The Kier molecular flexibility index (Phi) is 1.70. The first kappa shape index (κ1) is 7.41. The summed E-state index contributed by atoms with van der Waals surface area (Å²) in [5.41, 5.74) is 0. The van der Waals surface area contributed by atoms with E-state index in [0.29, 0.717) is 0 Å². The lowest BCUT2D eigenvalue weighted by Gasteiger charge is -2.57. The zero-order valence-electron chi connectivity index (χ0n) is 7.89. The highest BCUT2D eigenvalue weighted by atomic mass is 14.5. The summed E-state index contributed by atoms with van der Waals surface area (Å²) < 4.78 is 0. The van der Waals surface area contributed by atoms with Crippen LogP contribution >= 0.6 is 0 Å². The minimum absolute atomic E-state index is 1.11. The smallest absolute Gasteiger partial charge is 0.0173 e. The molecule has 0 aromatic heterocycles. The van der Waals surface area contributed by atoms with Crippen molar-refractivity contribution >= 4 is 0 Å². The van der Waals surface area contributed by atoms with Gasteiger partial charge in [0.2, 0.25) is 0 Å². The highest BCUT2D eigenvalue weighted by molar-refractivity contribution is 5.18. The van der Waals surface area contributed by atoms with Crippen molar-refractivity contribution in [2.24, 2.45) is 17.8 Å². The summed E-state index contributed by atoms with van der Waals surface area (Å²) in [7, 11) is 0. The molecule has 0 N–H and O–H groups in total. The van der Waals surface area contributed by atoms with Crippen molar-refractivity contribution in [1.29, 1.82) is 0 Å². The van der Waals surface area contributed by atoms with Gasteiger partial charge in [-0.15, -0.1) is 0 Å². The molecule has 3 rings (SSSR count). The topological polar surface area (TPSA) is 0 Å². The highest BCUT2D eigenvalue weighted by Crippen LogP contribution is 2.60. The van der Waals surface area contributed by atoms with Gasteiger partial charge in [-0.3, -0.25) is 0 Å². The fourth-order valence-electron chi connectivity index (χ4n) is 4.00. The van der Waals surface area contributed by atoms with E-state index < -0.39 is 0 Å². The summed E-state index contributed by atoms with van der Waals surface area (Å²) >= 11 is 0.